The van der Waals surface area contributed by atoms with Crippen LogP contribution in [0.1, 0.15) is 30.2 Å². The number of aliphatic hydroxyl groups is 1. The van der Waals surface area contributed by atoms with E-state index in [1.807, 2.05) is 29.2 Å². The minimum Gasteiger partial charge on any atom is -0.386 e. The summed E-state index contributed by atoms with van der Waals surface area (Å²) in [7, 11) is 1.66. The first-order valence-corrected chi connectivity index (χ1v) is 9.88. The molecule has 1 fully saturated rings. The molecule has 0 saturated carbocycles. The number of rotatable bonds is 5. The Morgan fingerprint density at radius 1 is 1.27 bits per heavy atom. The van der Waals surface area contributed by atoms with E-state index in [9.17, 15) is 9.90 Å². The summed E-state index contributed by atoms with van der Waals surface area (Å²) in [4.78, 5) is 19.2. The van der Waals surface area contributed by atoms with Gasteiger partial charge in [0.25, 0.3) is 0 Å². The lowest BCUT2D eigenvalue weighted by atomic mass is 10.1. The second-order valence-corrected chi connectivity index (χ2v) is 7.57. The normalized spacial score (nSPS) is 16.5. The summed E-state index contributed by atoms with van der Waals surface area (Å²) in [5, 5.41) is 17.7. The zero-order chi connectivity index (χ0) is 18.4. The first-order chi connectivity index (χ1) is 12.7. The van der Waals surface area contributed by atoms with E-state index in [4.69, 9.17) is 0 Å². The molecule has 3 N–H and O–H groups in total. The first-order valence-electron chi connectivity index (χ1n) is 9.06. The van der Waals surface area contributed by atoms with E-state index >= 15 is 0 Å². The Morgan fingerprint density at radius 3 is 2.77 bits per heavy atom. The highest BCUT2D eigenvalue weighted by molar-refractivity contribution is 7.19. The van der Waals surface area contributed by atoms with Gasteiger partial charge in [-0.05, 0) is 36.8 Å². The Labute approximate surface area is 157 Å². The number of aliphatic hydroxyl groups excluding tert-OH is 1. The third-order valence-corrected chi connectivity index (χ3v) is 5.79. The summed E-state index contributed by atoms with van der Waals surface area (Å²) < 4.78 is 1.16. The van der Waals surface area contributed by atoms with Crippen LogP contribution in [0.3, 0.4) is 0 Å². The van der Waals surface area contributed by atoms with Gasteiger partial charge in [-0.15, -0.1) is 11.3 Å². The number of fused-ring (bicyclic) bond motifs is 1. The standard InChI is InChI=1S/C19H26N4O2S/c1-20-19(22-13-18(25)23-9-5-2-6-10-23)21-12-15(24)17-11-14-7-3-4-8-16(14)26-17/h3-4,7-8,11,15,24H,2,5-6,9-10,12-13H2,1H3,(H2,20,21,22). The molecule has 1 amide bonds. The highest BCUT2D eigenvalue weighted by Gasteiger charge is 2.17. The van der Waals surface area contributed by atoms with E-state index in [0.717, 1.165) is 40.9 Å². The molecule has 1 aliphatic heterocycles. The molecule has 0 spiro atoms. The minimum absolute atomic E-state index is 0.0951. The average Bonchev–Trinajstić information content (AvgIpc) is 3.12. The number of likely N-dealkylation sites (tertiary alicyclic amines) is 1. The highest BCUT2D eigenvalue weighted by atomic mass is 32.1. The van der Waals surface area contributed by atoms with Gasteiger partial charge in [-0.25, -0.2) is 0 Å². The SMILES string of the molecule is CN=C(NCC(=O)N1CCCCC1)NCC(O)c1cc2ccccc2s1. The predicted molar refractivity (Wildman–Crippen MR) is 107 cm³/mol. The summed E-state index contributed by atoms with van der Waals surface area (Å²) >= 11 is 1.59. The van der Waals surface area contributed by atoms with Gasteiger partial charge in [0.2, 0.25) is 5.91 Å². The zero-order valence-corrected chi connectivity index (χ0v) is 15.9. The molecule has 0 aliphatic carbocycles. The van der Waals surface area contributed by atoms with Crippen LogP contribution in [0, 0.1) is 0 Å². The molecule has 140 valence electrons. The van der Waals surface area contributed by atoms with E-state index in [-0.39, 0.29) is 12.5 Å². The Morgan fingerprint density at radius 2 is 2.04 bits per heavy atom. The quantitative estimate of drug-likeness (QED) is 0.553. The van der Waals surface area contributed by atoms with Crippen LogP contribution in [0.4, 0.5) is 0 Å². The van der Waals surface area contributed by atoms with Gasteiger partial charge in [0, 0.05) is 36.3 Å². The molecule has 2 aromatic rings. The minimum atomic E-state index is -0.622. The fraction of sp³-hybridized carbons (Fsp3) is 0.474. The lowest BCUT2D eigenvalue weighted by Gasteiger charge is -2.27. The molecule has 1 aromatic heterocycles. The van der Waals surface area contributed by atoms with E-state index in [2.05, 4.69) is 21.7 Å². The number of aliphatic imine (C=N–C) groups is 1. The van der Waals surface area contributed by atoms with Crippen LogP contribution in [-0.4, -0.2) is 55.1 Å². The number of hydrogen-bond acceptors (Lipinski definition) is 4. The van der Waals surface area contributed by atoms with Crippen molar-refractivity contribution in [3.8, 4) is 0 Å². The number of nitrogens with one attached hydrogen (secondary N) is 2. The molecule has 26 heavy (non-hydrogen) atoms. The van der Waals surface area contributed by atoms with Crippen LogP contribution in [0.15, 0.2) is 35.3 Å². The van der Waals surface area contributed by atoms with Gasteiger partial charge < -0.3 is 20.6 Å². The van der Waals surface area contributed by atoms with E-state index in [0.29, 0.717) is 12.5 Å². The Bertz CT molecular complexity index is 735. The fourth-order valence-corrected chi connectivity index (χ4v) is 4.15. The van der Waals surface area contributed by atoms with Crippen molar-refractivity contribution in [2.75, 3.05) is 33.2 Å². The Kier molecular flexibility index (Phi) is 6.46. The van der Waals surface area contributed by atoms with Crippen molar-refractivity contribution in [2.24, 2.45) is 4.99 Å². The topological polar surface area (TPSA) is 77.0 Å². The van der Waals surface area contributed by atoms with Crippen molar-refractivity contribution < 1.29 is 9.90 Å². The largest absolute Gasteiger partial charge is 0.386 e. The molecule has 6 nitrogen and oxygen atoms in total. The van der Waals surface area contributed by atoms with Gasteiger partial charge in [-0.2, -0.15) is 0 Å². The second-order valence-electron chi connectivity index (χ2n) is 6.45. The van der Waals surface area contributed by atoms with Crippen LogP contribution < -0.4 is 10.6 Å². The Hall–Kier alpha value is -2.12. The molecule has 1 saturated heterocycles. The molecule has 3 rings (SSSR count). The molecule has 1 atom stereocenters. The second kappa shape index (κ2) is 9.00. The molecular formula is C19H26N4O2S. The van der Waals surface area contributed by atoms with Crippen molar-refractivity contribution >= 4 is 33.3 Å². The number of amides is 1. The fourth-order valence-electron chi connectivity index (χ4n) is 3.10. The number of benzene rings is 1. The zero-order valence-electron chi connectivity index (χ0n) is 15.1. The number of thiophene rings is 1. The van der Waals surface area contributed by atoms with Gasteiger partial charge in [-0.3, -0.25) is 9.79 Å². The molecule has 7 heteroatoms. The van der Waals surface area contributed by atoms with Crippen LogP contribution >= 0.6 is 11.3 Å². The third kappa shape index (κ3) is 4.74. The van der Waals surface area contributed by atoms with Crippen LogP contribution in [0.25, 0.3) is 10.1 Å². The van der Waals surface area contributed by atoms with Gasteiger partial charge in [0.1, 0.15) is 6.10 Å². The summed E-state index contributed by atoms with van der Waals surface area (Å²) in [6, 6.07) is 10.1. The summed E-state index contributed by atoms with van der Waals surface area (Å²) in [5.74, 6) is 0.619. The van der Waals surface area contributed by atoms with Crippen LogP contribution in [0.2, 0.25) is 0 Å². The number of hydrogen-bond donors (Lipinski definition) is 3. The third-order valence-electron chi connectivity index (χ3n) is 4.58. The van der Waals surface area contributed by atoms with Crippen molar-refractivity contribution in [2.45, 2.75) is 25.4 Å². The molecule has 0 bridgehead atoms. The lowest BCUT2D eigenvalue weighted by molar-refractivity contribution is -0.130. The van der Waals surface area contributed by atoms with Crippen molar-refractivity contribution in [1.29, 1.82) is 0 Å². The van der Waals surface area contributed by atoms with Gasteiger partial charge >= 0.3 is 0 Å². The van der Waals surface area contributed by atoms with Gasteiger partial charge in [-0.1, -0.05) is 18.2 Å². The van der Waals surface area contributed by atoms with E-state index in [1.165, 1.54) is 6.42 Å². The number of nitrogens with zero attached hydrogens (tertiary/aromatic N) is 2. The number of guanidine groups is 1. The van der Waals surface area contributed by atoms with E-state index < -0.39 is 6.10 Å². The number of carbonyl (C=O) groups excluding carboxylic acids is 1. The maximum atomic E-state index is 12.2. The Balaban J connectivity index is 1.48. The maximum absolute atomic E-state index is 12.2. The lowest BCUT2D eigenvalue weighted by Crippen LogP contribution is -2.46. The molecule has 1 unspecified atom stereocenters. The van der Waals surface area contributed by atoms with Crippen molar-refractivity contribution in [1.82, 2.24) is 15.5 Å². The number of carbonyl (C=O) groups is 1. The number of piperidine rings is 1. The molecule has 0 radical (unpaired) electrons. The molecule has 1 aromatic carbocycles. The summed E-state index contributed by atoms with van der Waals surface area (Å²) in [6.45, 7) is 2.25. The maximum Gasteiger partial charge on any atom is 0.241 e. The van der Waals surface area contributed by atoms with Crippen LogP contribution in [-0.2, 0) is 4.79 Å². The van der Waals surface area contributed by atoms with Crippen LogP contribution in [0.5, 0.6) is 0 Å². The smallest absolute Gasteiger partial charge is 0.241 e. The van der Waals surface area contributed by atoms with Gasteiger partial charge in [0.15, 0.2) is 5.96 Å². The van der Waals surface area contributed by atoms with E-state index in [1.54, 1.807) is 18.4 Å². The first kappa shape index (κ1) is 18.7. The summed E-state index contributed by atoms with van der Waals surface area (Å²) in [5.41, 5.74) is 0. The highest BCUT2D eigenvalue weighted by Crippen LogP contribution is 2.29. The van der Waals surface area contributed by atoms with Gasteiger partial charge in [0.05, 0.1) is 6.54 Å². The van der Waals surface area contributed by atoms with Crippen molar-refractivity contribution in [3.63, 3.8) is 0 Å². The summed E-state index contributed by atoms with van der Waals surface area (Å²) in [6.07, 6.45) is 2.75. The molecular weight excluding hydrogens is 348 g/mol. The molecule has 2 heterocycles. The monoisotopic (exact) mass is 374 g/mol. The predicted octanol–water partition coefficient (Wildman–Crippen LogP) is 2.11. The average molecular weight is 375 g/mol. The molecule has 1 aliphatic rings. The van der Waals surface area contributed by atoms with Crippen molar-refractivity contribution in [3.05, 3.63) is 35.2 Å².